The van der Waals surface area contributed by atoms with Crippen LogP contribution in [0.25, 0.3) is 0 Å². The van der Waals surface area contributed by atoms with Gasteiger partial charge in [0.15, 0.2) is 0 Å². The van der Waals surface area contributed by atoms with E-state index in [1.807, 2.05) is 56.3 Å². The fraction of sp³-hybridized carbons (Fsp3) is 0.188. The molecule has 0 atom stereocenters. The summed E-state index contributed by atoms with van der Waals surface area (Å²) in [5.41, 5.74) is 10.4. The number of hydrogen-bond acceptors (Lipinski definition) is 2. The van der Waals surface area contributed by atoms with Crippen LogP contribution in [-0.4, -0.2) is 5.91 Å². The summed E-state index contributed by atoms with van der Waals surface area (Å²) >= 11 is 0. The molecule has 0 aromatic heterocycles. The molecule has 3 N–H and O–H groups in total. The first-order valence-corrected chi connectivity index (χ1v) is 6.27. The Balaban J connectivity index is 2.09. The molecule has 0 bridgehead atoms. The van der Waals surface area contributed by atoms with E-state index in [9.17, 15) is 4.79 Å². The van der Waals surface area contributed by atoms with Crippen molar-refractivity contribution in [2.45, 2.75) is 20.4 Å². The second-order valence-corrected chi connectivity index (χ2v) is 4.63. The van der Waals surface area contributed by atoms with Gasteiger partial charge < -0.3 is 11.1 Å². The Kier molecular flexibility index (Phi) is 3.85. The Morgan fingerprint density at radius 3 is 2.58 bits per heavy atom. The Morgan fingerprint density at radius 1 is 1.11 bits per heavy atom. The lowest BCUT2D eigenvalue weighted by Crippen LogP contribution is -2.24. The number of aryl methyl sites for hydroxylation is 1. The molecule has 1 amide bonds. The lowest BCUT2D eigenvalue weighted by Gasteiger charge is -2.10. The fourth-order valence-electron chi connectivity index (χ4n) is 1.99. The van der Waals surface area contributed by atoms with Crippen LogP contribution in [0.4, 0.5) is 5.69 Å². The minimum atomic E-state index is -0.0556. The number of nitrogens with one attached hydrogen (secondary N) is 1. The molecule has 2 rings (SSSR count). The van der Waals surface area contributed by atoms with Crippen LogP contribution in [0.15, 0.2) is 42.5 Å². The number of rotatable bonds is 3. The molecule has 0 heterocycles. The Labute approximate surface area is 113 Å². The van der Waals surface area contributed by atoms with E-state index in [-0.39, 0.29) is 5.91 Å². The average Bonchev–Trinajstić information content (AvgIpc) is 2.40. The first kappa shape index (κ1) is 13.1. The van der Waals surface area contributed by atoms with Gasteiger partial charge in [-0.1, -0.05) is 30.3 Å². The highest BCUT2D eigenvalue weighted by atomic mass is 16.1. The van der Waals surface area contributed by atoms with Gasteiger partial charge in [-0.15, -0.1) is 0 Å². The molecule has 0 saturated carbocycles. The fourth-order valence-corrected chi connectivity index (χ4v) is 1.99. The number of nitrogen functional groups attached to an aromatic ring is 1. The molecule has 3 nitrogen and oxygen atoms in total. The Bertz CT molecular complexity index is 605. The van der Waals surface area contributed by atoms with Gasteiger partial charge in [-0.3, -0.25) is 4.79 Å². The lowest BCUT2D eigenvalue weighted by molar-refractivity contribution is 0.0950. The number of anilines is 1. The van der Waals surface area contributed by atoms with Crippen LogP contribution in [0.1, 0.15) is 27.0 Å². The monoisotopic (exact) mass is 254 g/mol. The summed E-state index contributed by atoms with van der Waals surface area (Å²) in [4.78, 5) is 12.1. The molecule has 0 spiro atoms. The smallest absolute Gasteiger partial charge is 0.251 e. The maximum atomic E-state index is 12.1. The zero-order valence-electron chi connectivity index (χ0n) is 11.2. The van der Waals surface area contributed by atoms with Crippen molar-refractivity contribution >= 4 is 11.6 Å². The van der Waals surface area contributed by atoms with Gasteiger partial charge in [0.2, 0.25) is 0 Å². The summed E-state index contributed by atoms with van der Waals surface area (Å²) in [6.45, 7) is 4.38. The van der Waals surface area contributed by atoms with Crippen molar-refractivity contribution in [3.8, 4) is 0 Å². The van der Waals surface area contributed by atoms with E-state index < -0.39 is 0 Å². The van der Waals surface area contributed by atoms with Crippen molar-refractivity contribution in [3.05, 3.63) is 64.7 Å². The molecule has 19 heavy (non-hydrogen) atoms. The molecule has 0 aliphatic carbocycles. The van der Waals surface area contributed by atoms with Crippen molar-refractivity contribution in [2.24, 2.45) is 0 Å². The standard InChI is InChI=1S/C16H18N2O/c1-11-6-3-4-8-14(11)16(19)18-10-13-7-5-9-15(17)12(13)2/h3-9H,10,17H2,1-2H3,(H,18,19). The third-order valence-electron chi connectivity index (χ3n) is 3.32. The molecule has 0 fully saturated rings. The quantitative estimate of drug-likeness (QED) is 0.827. The SMILES string of the molecule is Cc1ccccc1C(=O)NCc1cccc(N)c1C. The first-order valence-electron chi connectivity index (χ1n) is 6.27. The van der Waals surface area contributed by atoms with Gasteiger partial charge in [0, 0.05) is 17.8 Å². The van der Waals surface area contributed by atoms with Gasteiger partial charge in [-0.2, -0.15) is 0 Å². The van der Waals surface area contributed by atoms with Gasteiger partial charge in [0.1, 0.15) is 0 Å². The van der Waals surface area contributed by atoms with Crippen LogP contribution in [0.5, 0.6) is 0 Å². The number of benzene rings is 2. The molecule has 3 heteroatoms. The number of hydrogen-bond donors (Lipinski definition) is 2. The Morgan fingerprint density at radius 2 is 1.84 bits per heavy atom. The minimum absolute atomic E-state index is 0.0556. The minimum Gasteiger partial charge on any atom is -0.399 e. The van der Waals surface area contributed by atoms with Crippen molar-refractivity contribution < 1.29 is 4.79 Å². The van der Waals surface area contributed by atoms with Gasteiger partial charge in [0.05, 0.1) is 0 Å². The maximum Gasteiger partial charge on any atom is 0.251 e. The summed E-state index contributed by atoms with van der Waals surface area (Å²) < 4.78 is 0. The van der Waals surface area contributed by atoms with E-state index in [0.29, 0.717) is 12.1 Å². The number of carbonyl (C=O) groups excluding carboxylic acids is 1. The maximum absolute atomic E-state index is 12.1. The molecule has 0 saturated heterocycles. The normalized spacial score (nSPS) is 10.2. The van der Waals surface area contributed by atoms with Gasteiger partial charge in [0.25, 0.3) is 5.91 Å². The van der Waals surface area contributed by atoms with Crippen molar-refractivity contribution in [1.29, 1.82) is 0 Å². The summed E-state index contributed by atoms with van der Waals surface area (Å²) in [5, 5.41) is 2.93. The zero-order chi connectivity index (χ0) is 13.8. The highest BCUT2D eigenvalue weighted by molar-refractivity contribution is 5.95. The second kappa shape index (κ2) is 5.57. The van der Waals surface area contributed by atoms with Gasteiger partial charge >= 0.3 is 0 Å². The van der Waals surface area contributed by atoms with E-state index >= 15 is 0 Å². The van der Waals surface area contributed by atoms with Gasteiger partial charge in [-0.25, -0.2) is 0 Å². The topological polar surface area (TPSA) is 55.1 Å². The number of nitrogens with two attached hydrogens (primary N) is 1. The highest BCUT2D eigenvalue weighted by Gasteiger charge is 2.08. The molecule has 2 aromatic carbocycles. The lowest BCUT2D eigenvalue weighted by atomic mass is 10.1. The summed E-state index contributed by atoms with van der Waals surface area (Å²) in [6.07, 6.45) is 0. The van der Waals surface area contributed by atoms with E-state index in [4.69, 9.17) is 5.73 Å². The molecule has 0 aliphatic heterocycles. The van der Waals surface area contributed by atoms with Crippen LogP contribution in [0.2, 0.25) is 0 Å². The summed E-state index contributed by atoms with van der Waals surface area (Å²) in [5.74, 6) is -0.0556. The van der Waals surface area contributed by atoms with E-state index in [2.05, 4.69) is 5.32 Å². The van der Waals surface area contributed by atoms with Crippen molar-refractivity contribution in [1.82, 2.24) is 5.32 Å². The largest absolute Gasteiger partial charge is 0.399 e. The molecule has 0 aliphatic rings. The van der Waals surface area contributed by atoms with E-state index in [1.54, 1.807) is 0 Å². The molecular weight excluding hydrogens is 236 g/mol. The van der Waals surface area contributed by atoms with Crippen LogP contribution in [0, 0.1) is 13.8 Å². The summed E-state index contributed by atoms with van der Waals surface area (Å²) in [7, 11) is 0. The van der Waals surface area contributed by atoms with Crippen LogP contribution < -0.4 is 11.1 Å². The first-order chi connectivity index (χ1) is 9.09. The van der Waals surface area contributed by atoms with Crippen molar-refractivity contribution in [3.63, 3.8) is 0 Å². The molecule has 0 radical (unpaired) electrons. The molecule has 0 unspecified atom stereocenters. The second-order valence-electron chi connectivity index (χ2n) is 4.63. The molecule has 98 valence electrons. The average molecular weight is 254 g/mol. The summed E-state index contributed by atoms with van der Waals surface area (Å²) in [6, 6.07) is 13.3. The molecular formula is C16H18N2O. The van der Waals surface area contributed by atoms with Gasteiger partial charge in [-0.05, 0) is 42.7 Å². The van der Waals surface area contributed by atoms with E-state index in [1.165, 1.54) is 0 Å². The highest BCUT2D eigenvalue weighted by Crippen LogP contribution is 2.15. The Hall–Kier alpha value is -2.29. The molecule has 2 aromatic rings. The number of amides is 1. The van der Waals surface area contributed by atoms with Crippen LogP contribution in [0.3, 0.4) is 0 Å². The van der Waals surface area contributed by atoms with Crippen LogP contribution in [-0.2, 0) is 6.54 Å². The van der Waals surface area contributed by atoms with Crippen molar-refractivity contribution in [2.75, 3.05) is 5.73 Å². The van der Waals surface area contributed by atoms with E-state index in [0.717, 1.165) is 22.4 Å². The van der Waals surface area contributed by atoms with Crippen LogP contribution >= 0.6 is 0 Å². The predicted molar refractivity (Wildman–Crippen MR) is 77.9 cm³/mol. The predicted octanol–water partition coefficient (Wildman–Crippen LogP) is 2.82. The third-order valence-corrected chi connectivity index (χ3v) is 3.32. The third kappa shape index (κ3) is 2.94. The zero-order valence-corrected chi connectivity index (χ0v) is 11.2. The number of carbonyl (C=O) groups is 1.